The summed E-state index contributed by atoms with van der Waals surface area (Å²) in [7, 11) is 0. The average molecular weight is 304 g/mol. The zero-order valence-corrected chi connectivity index (χ0v) is 13.0. The van der Waals surface area contributed by atoms with Gasteiger partial charge in [-0.2, -0.15) is 4.37 Å². The number of rotatable bonds is 4. The van der Waals surface area contributed by atoms with E-state index in [1.807, 2.05) is 19.1 Å². The van der Waals surface area contributed by atoms with Crippen LogP contribution in [0.25, 0.3) is 11.1 Å². The van der Waals surface area contributed by atoms with Gasteiger partial charge in [0.2, 0.25) is 0 Å². The van der Waals surface area contributed by atoms with Gasteiger partial charge in [0.15, 0.2) is 0 Å². The van der Waals surface area contributed by atoms with E-state index < -0.39 is 0 Å². The molecule has 5 nitrogen and oxygen atoms in total. The minimum atomic E-state index is 0.303. The summed E-state index contributed by atoms with van der Waals surface area (Å²) in [6, 6.07) is 3.96. The smallest absolute Gasteiger partial charge is 0.147 e. The number of nitrogen functional groups attached to an aromatic ring is 1. The van der Waals surface area contributed by atoms with Gasteiger partial charge in [0.05, 0.1) is 11.7 Å². The summed E-state index contributed by atoms with van der Waals surface area (Å²) >= 11 is 1.47. The maximum Gasteiger partial charge on any atom is 0.147 e. The zero-order chi connectivity index (χ0) is 14.7. The van der Waals surface area contributed by atoms with Crippen molar-refractivity contribution in [3.05, 3.63) is 24.5 Å². The SMILES string of the molecule is CCOC1CCCN(c2snc(N)c2-c2ccncc2)C1. The fourth-order valence-corrected chi connectivity index (χ4v) is 3.66. The van der Waals surface area contributed by atoms with Crippen LogP contribution in [0, 0.1) is 0 Å². The van der Waals surface area contributed by atoms with Crippen molar-refractivity contribution >= 4 is 22.4 Å². The highest BCUT2D eigenvalue weighted by molar-refractivity contribution is 7.11. The number of hydrogen-bond donors (Lipinski definition) is 1. The quantitative estimate of drug-likeness (QED) is 0.941. The molecule has 0 spiro atoms. The molecule has 1 fully saturated rings. The Hall–Kier alpha value is -1.66. The Kier molecular flexibility index (Phi) is 4.36. The van der Waals surface area contributed by atoms with Crippen LogP contribution >= 0.6 is 11.5 Å². The van der Waals surface area contributed by atoms with Gasteiger partial charge >= 0.3 is 0 Å². The van der Waals surface area contributed by atoms with Crippen LogP contribution in [0.2, 0.25) is 0 Å². The van der Waals surface area contributed by atoms with Crippen LogP contribution < -0.4 is 10.6 Å². The summed E-state index contributed by atoms with van der Waals surface area (Å²) in [5.74, 6) is 0.597. The molecule has 2 aromatic rings. The summed E-state index contributed by atoms with van der Waals surface area (Å²) in [5.41, 5.74) is 8.20. The van der Waals surface area contributed by atoms with Crippen molar-refractivity contribution in [3.8, 4) is 11.1 Å². The molecule has 3 rings (SSSR count). The number of aromatic nitrogens is 2. The predicted molar refractivity (Wildman–Crippen MR) is 86.6 cm³/mol. The van der Waals surface area contributed by atoms with Crippen molar-refractivity contribution in [2.24, 2.45) is 0 Å². The lowest BCUT2D eigenvalue weighted by Gasteiger charge is -2.33. The highest BCUT2D eigenvalue weighted by atomic mass is 32.1. The highest BCUT2D eigenvalue weighted by Gasteiger charge is 2.25. The van der Waals surface area contributed by atoms with Crippen molar-refractivity contribution < 1.29 is 4.74 Å². The number of anilines is 2. The molecule has 1 atom stereocenters. The third-order valence-electron chi connectivity index (χ3n) is 3.74. The molecule has 1 unspecified atom stereocenters. The average Bonchev–Trinajstić information content (AvgIpc) is 2.90. The predicted octanol–water partition coefficient (Wildman–Crippen LogP) is 2.79. The first-order valence-corrected chi connectivity index (χ1v) is 8.09. The molecule has 1 saturated heterocycles. The third kappa shape index (κ3) is 3.01. The molecule has 0 saturated carbocycles. The minimum Gasteiger partial charge on any atom is -0.382 e. The van der Waals surface area contributed by atoms with E-state index >= 15 is 0 Å². The summed E-state index contributed by atoms with van der Waals surface area (Å²) < 4.78 is 10.1. The standard InChI is InChI=1S/C15H20N4OS/c1-2-20-12-4-3-9-19(10-12)15-13(14(16)18-21-15)11-5-7-17-8-6-11/h5-8,12H,2-4,9-10H2,1H3,(H2,16,18). The lowest BCUT2D eigenvalue weighted by molar-refractivity contribution is 0.0528. The van der Waals surface area contributed by atoms with E-state index in [0.29, 0.717) is 11.9 Å². The van der Waals surface area contributed by atoms with Crippen molar-refractivity contribution in [2.75, 3.05) is 30.3 Å². The maximum absolute atomic E-state index is 6.09. The van der Waals surface area contributed by atoms with E-state index in [-0.39, 0.29) is 0 Å². The van der Waals surface area contributed by atoms with Crippen LogP contribution in [-0.4, -0.2) is 35.2 Å². The van der Waals surface area contributed by atoms with Gasteiger partial charge in [-0.25, -0.2) is 0 Å². The Morgan fingerprint density at radius 1 is 1.43 bits per heavy atom. The van der Waals surface area contributed by atoms with Gasteiger partial charge in [0.25, 0.3) is 0 Å². The molecule has 3 heterocycles. The number of piperidine rings is 1. The Morgan fingerprint density at radius 2 is 2.24 bits per heavy atom. The topological polar surface area (TPSA) is 64.3 Å². The fraction of sp³-hybridized carbons (Fsp3) is 0.467. The van der Waals surface area contributed by atoms with Gasteiger partial charge < -0.3 is 15.4 Å². The van der Waals surface area contributed by atoms with Crippen LogP contribution in [0.5, 0.6) is 0 Å². The maximum atomic E-state index is 6.09. The normalized spacial score (nSPS) is 18.9. The van der Waals surface area contributed by atoms with E-state index in [0.717, 1.165) is 48.7 Å². The minimum absolute atomic E-state index is 0.303. The third-order valence-corrected chi connectivity index (χ3v) is 4.66. The summed E-state index contributed by atoms with van der Waals surface area (Å²) in [5, 5.41) is 1.14. The number of ether oxygens (including phenoxy) is 1. The molecule has 0 radical (unpaired) electrons. The first-order valence-electron chi connectivity index (χ1n) is 7.31. The number of pyridine rings is 1. The van der Waals surface area contributed by atoms with E-state index in [9.17, 15) is 0 Å². The first-order chi connectivity index (χ1) is 10.3. The van der Waals surface area contributed by atoms with Crippen molar-refractivity contribution in [1.82, 2.24) is 9.36 Å². The van der Waals surface area contributed by atoms with Crippen LogP contribution in [0.4, 0.5) is 10.8 Å². The second-order valence-corrected chi connectivity index (χ2v) is 5.90. The number of nitrogens with two attached hydrogens (primary N) is 1. The second kappa shape index (κ2) is 6.41. The van der Waals surface area contributed by atoms with Gasteiger partial charge in [-0.15, -0.1) is 0 Å². The Morgan fingerprint density at radius 3 is 3.00 bits per heavy atom. The van der Waals surface area contributed by atoms with Gasteiger partial charge in [0, 0.05) is 32.1 Å². The molecule has 2 aromatic heterocycles. The van der Waals surface area contributed by atoms with E-state index in [1.165, 1.54) is 11.5 Å². The molecule has 0 aliphatic carbocycles. The second-order valence-electron chi connectivity index (χ2n) is 5.15. The van der Waals surface area contributed by atoms with Gasteiger partial charge in [-0.3, -0.25) is 4.98 Å². The van der Waals surface area contributed by atoms with Gasteiger partial charge in [0.1, 0.15) is 10.8 Å². The number of hydrogen-bond acceptors (Lipinski definition) is 6. The first kappa shape index (κ1) is 14.3. The molecule has 1 aliphatic heterocycles. The zero-order valence-electron chi connectivity index (χ0n) is 12.2. The van der Waals surface area contributed by atoms with Crippen molar-refractivity contribution in [1.29, 1.82) is 0 Å². The summed E-state index contributed by atoms with van der Waals surface area (Å²) in [6.45, 7) is 4.75. The molecule has 6 heteroatoms. The largest absolute Gasteiger partial charge is 0.382 e. The van der Waals surface area contributed by atoms with Gasteiger partial charge in [-0.05, 0) is 49.0 Å². The Labute approximate surface area is 128 Å². The molecule has 2 N–H and O–H groups in total. The van der Waals surface area contributed by atoms with E-state index in [4.69, 9.17) is 10.5 Å². The van der Waals surface area contributed by atoms with Crippen LogP contribution in [0.1, 0.15) is 19.8 Å². The molecule has 1 aliphatic rings. The molecule has 112 valence electrons. The van der Waals surface area contributed by atoms with E-state index in [1.54, 1.807) is 12.4 Å². The summed E-state index contributed by atoms with van der Waals surface area (Å²) in [6.07, 6.45) is 6.14. The van der Waals surface area contributed by atoms with Crippen LogP contribution in [-0.2, 0) is 4.74 Å². The van der Waals surface area contributed by atoms with Crippen molar-refractivity contribution in [2.45, 2.75) is 25.9 Å². The van der Waals surface area contributed by atoms with Crippen LogP contribution in [0.3, 0.4) is 0 Å². The monoisotopic (exact) mass is 304 g/mol. The molecule has 21 heavy (non-hydrogen) atoms. The lowest BCUT2D eigenvalue weighted by atomic mass is 10.1. The Balaban J connectivity index is 1.89. The van der Waals surface area contributed by atoms with Crippen LogP contribution in [0.15, 0.2) is 24.5 Å². The highest BCUT2D eigenvalue weighted by Crippen LogP contribution is 2.40. The molecule has 0 amide bonds. The molecular formula is C15H20N4OS. The van der Waals surface area contributed by atoms with Gasteiger partial charge in [-0.1, -0.05) is 0 Å². The molecular weight excluding hydrogens is 284 g/mol. The van der Waals surface area contributed by atoms with Crippen molar-refractivity contribution in [3.63, 3.8) is 0 Å². The fourth-order valence-electron chi connectivity index (χ4n) is 2.79. The number of nitrogens with zero attached hydrogens (tertiary/aromatic N) is 3. The lowest BCUT2D eigenvalue weighted by Crippen LogP contribution is -2.39. The Bertz CT molecular complexity index is 585. The summed E-state index contributed by atoms with van der Waals surface area (Å²) in [4.78, 5) is 6.43. The van der Waals surface area contributed by atoms with E-state index in [2.05, 4.69) is 14.3 Å². The molecule has 0 aromatic carbocycles. The molecule has 0 bridgehead atoms.